The molecule has 0 aliphatic heterocycles. The van der Waals surface area contributed by atoms with Crippen LogP contribution in [-0.4, -0.2) is 10.9 Å². The summed E-state index contributed by atoms with van der Waals surface area (Å²) in [4.78, 5) is 25.4. The van der Waals surface area contributed by atoms with Gasteiger partial charge in [0, 0.05) is 10.5 Å². The van der Waals surface area contributed by atoms with E-state index in [9.17, 15) is 9.59 Å². The highest BCUT2D eigenvalue weighted by Gasteiger charge is 2.08. The summed E-state index contributed by atoms with van der Waals surface area (Å²) < 4.78 is 0.825. The third-order valence-corrected chi connectivity index (χ3v) is 2.77. The maximum absolute atomic E-state index is 11.9. The van der Waals surface area contributed by atoms with Crippen molar-refractivity contribution in [3.05, 3.63) is 56.9 Å². The molecule has 1 aromatic heterocycles. The van der Waals surface area contributed by atoms with Gasteiger partial charge >= 0.3 is 0 Å². The number of nitrogens with two attached hydrogens (primary N) is 1. The van der Waals surface area contributed by atoms with Crippen molar-refractivity contribution in [2.75, 3.05) is 11.1 Å². The largest absolute Gasteiger partial charge is 0.397 e. The van der Waals surface area contributed by atoms with Crippen LogP contribution in [0.25, 0.3) is 0 Å². The van der Waals surface area contributed by atoms with Crippen molar-refractivity contribution in [1.29, 1.82) is 0 Å². The second-order valence-corrected chi connectivity index (χ2v) is 4.53. The molecule has 2 rings (SSSR count). The van der Waals surface area contributed by atoms with Gasteiger partial charge in [-0.25, -0.2) is 0 Å². The number of anilines is 2. The van der Waals surface area contributed by atoms with Crippen LogP contribution in [0.2, 0.25) is 0 Å². The molecule has 1 amide bonds. The van der Waals surface area contributed by atoms with E-state index < -0.39 is 5.91 Å². The minimum absolute atomic E-state index is 0.185. The van der Waals surface area contributed by atoms with Crippen molar-refractivity contribution in [2.24, 2.45) is 0 Å². The topological polar surface area (TPSA) is 88.0 Å². The number of halogens is 1. The third kappa shape index (κ3) is 2.78. The average molecular weight is 308 g/mol. The fraction of sp³-hybridized carbons (Fsp3) is 0. The molecule has 0 radical (unpaired) electrons. The minimum atomic E-state index is -0.415. The highest BCUT2D eigenvalue weighted by atomic mass is 79.9. The molecule has 0 bridgehead atoms. The Bertz CT molecular complexity index is 652. The average Bonchev–Trinajstić information content (AvgIpc) is 2.32. The molecular weight excluding hydrogens is 298 g/mol. The van der Waals surface area contributed by atoms with Gasteiger partial charge in [0.1, 0.15) is 5.69 Å². The van der Waals surface area contributed by atoms with E-state index >= 15 is 0 Å². The predicted octanol–water partition coefficient (Wildman–Crippen LogP) is 1.97. The first-order valence-corrected chi connectivity index (χ1v) is 5.91. The molecule has 1 heterocycles. The first-order chi connectivity index (χ1) is 8.56. The molecule has 0 aliphatic rings. The van der Waals surface area contributed by atoms with Crippen molar-refractivity contribution in [3.8, 4) is 0 Å². The van der Waals surface area contributed by atoms with E-state index in [4.69, 9.17) is 5.73 Å². The SMILES string of the molecule is Nc1cc(Br)ccc1NC(=O)c1cccc(=O)[nH]1. The molecule has 6 heteroatoms. The summed E-state index contributed by atoms with van der Waals surface area (Å²) in [5.74, 6) is -0.415. The fourth-order valence-corrected chi connectivity index (χ4v) is 1.80. The lowest BCUT2D eigenvalue weighted by Gasteiger charge is -2.08. The lowest BCUT2D eigenvalue weighted by Crippen LogP contribution is -2.18. The highest BCUT2D eigenvalue weighted by molar-refractivity contribution is 9.10. The van der Waals surface area contributed by atoms with Gasteiger partial charge in [0.25, 0.3) is 5.91 Å². The van der Waals surface area contributed by atoms with Gasteiger partial charge in [-0.15, -0.1) is 0 Å². The Morgan fingerprint density at radius 1 is 1.28 bits per heavy atom. The quantitative estimate of drug-likeness (QED) is 0.741. The number of amides is 1. The van der Waals surface area contributed by atoms with E-state index in [0.29, 0.717) is 11.4 Å². The first-order valence-electron chi connectivity index (χ1n) is 5.12. The number of carbonyl (C=O) groups excluding carboxylic acids is 1. The number of nitrogens with one attached hydrogen (secondary N) is 2. The smallest absolute Gasteiger partial charge is 0.272 e. The molecule has 4 N–H and O–H groups in total. The molecule has 0 spiro atoms. The zero-order chi connectivity index (χ0) is 13.1. The maximum atomic E-state index is 11.9. The van der Waals surface area contributed by atoms with Crippen LogP contribution in [0, 0.1) is 0 Å². The number of rotatable bonds is 2. The molecule has 0 aliphatic carbocycles. The first kappa shape index (κ1) is 12.4. The van der Waals surface area contributed by atoms with Crippen molar-refractivity contribution in [1.82, 2.24) is 4.98 Å². The lowest BCUT2D eigenvalue weighted by molar-refractivity contribution is 0.102. The Balaban J connectivity index is 2.24. The van der Waals surface area contributed by atoms with Gasteiger partial charge in [-0.2, -0.15) is 0 Å². The number of nitrogen functional groups attached to an aromatic ring is 1. The zero-order valence-corrected chi connectivity index (χ0v) is 10.8. The van der Waals surface area contributed by atoms with Gasteiger partial charge in [0.05, 0.1) is 11.4 Å². The molecule has 5 nitrogen and oxygen atoms in total. The van der Waals surface area contributed by atoms with E-state index in [0.717, 1.165) is 4.47 Å². The normalized spacial score (nSPS) is 10.1. The van der Waals surface area contributed by atoms with Crippen molar-refractivity contribution >= 4 is 33.2 Å². The number of hydrogen-bond donors (Lipinski definition) is 3. The Kier molecular flexibility index (Phi) is 3.47. The number of H-pyrrole nitrogens is 1. The van der Waals surface area contributed by atoms with Crippen LogP contribution in [-0.2, 0) is 0 Å². The second-order valence-electron chi connectivity index (χ2n) is 3.61. The van der Waals surface area contributed by atoms with Gasteiger partial charge in [-0.1, -0.05) is 22.0 Å². The Morgan fingerprint density at radius 3 is 2.72 bits per heavy atom. The van der Waals surface area contributed by atoms with Crippen molar-refractivity contribution in [2.45, 2.75) is 0 Å². The van der Waals surface area contributed by atoms with E-state index in [2.05, 4.69) is 26.2 Å². The number of carbonyl (C=O) groups is 1. The number of pyridine rings is 1. The van der Waals surface area contributed by atoms with Gasteiger partial charge in [0.15, 0.2) is 0 Å². The predicted molar refractivity (Wildman–Crippen MR) is 73.6 cm³/mol. The van der Waals surface area contributed by atoms with Crippen LogP contribution < -0.4 is 16.6 Å². The summed E-state index contributed by atoms with van der Waals surface area (Å²) in [5, 5.41) is 2.63. The molecule has 0 unspecified atom stereocenters. The van der Waals surface area contributed by atoms with Crippen LogP contribution in [0.15, 0.2) is 45.7 Å². The number of aromatic amines is 1. The summed E-state index contributed by atoms with van der Waals surface area (Å²) in [5.41, 5.74) is 6.55. The van der Waals surface area contributed by atoms with E-state index in [1.54, 1.807) is 18.2 Å². The summed E-state index contributed by atoms with van der Waals surface area (Å²) in [7, 11) is 0. The number of benzene rings is 1. The lowest BCUT2D eigenvalue weighted by atomic mass is 10.2. The van der Waals surface area contributed by atoms with E-state index in [-0.39, 0.29) is 11.3 Å². The fourth-order valence-electron chi connectivity index (χ4n) is 1.42. The number of aromatic nitrogens is 1. The standard InChI is InChI=1S/C12H10BrN3O2/c13-7-4-5-9(8(14)6-7)16-12(18)10-2-1-3-11(17)15-10/h1-6H,14H2,(H,15,17)(H,16,18). The molecule has 0 atom stereocenters. The Hall–Kier alpha value is -2.08. The molecular formula is C12H10BrN3O2. The monoisotopic (exact) mass is 307 g/mol. The zero-order valence-electron chi connectivity index (χ0n) is 9.24. The summed E-state index contributed by atoms with van der Waals surface area (Å²) in [6.45, 7) is 0. The summed E-state index contributed by atoms with van der Waals surface area (Å²) >= 11 is 3.28. The highest BCUT2D eigenvalue weighted by Crippen LogP contribution is 2.23. The second kappa shape index (κ2) is 5.05. The van der Waals surface area contributed by atoms with Gasteiger partial charge in [0.2, 0.25) is 5.56 Å². The van der Waals surface area contributed by atoms with Crippen LogP contribution in [0.4, 0.5) is 11.4 Å². The van der Waals surface area contributed by atoms with E-state index in [1.807, 2.05) is 0 Å². The van der Waals surface area contributed by atoms with Crippen molar-refractivity contribution < 1.29 is 4.79 Å². The number of hydrogen-bond acceptors (Lipinski definition) is 3. The minimum Gasteiger partial charge on any atom is -0.397 e. The van der Waals surface area contributed by atoms with Crippen LogP contribution in [0.1, 0.15) is 10.5 Å². The van der Waals surface area contributed by atoms with Crippen LogP contribution >= 0.6 is 15.9 Å². The van der Waals surface area contributed by atoms with Crippen LogP contribution in [0.5, 0.6) is 0 Å². The third-order valence-electron chi connectivity index (χ3n) is 2.27. The van der Waals surface area contributed by atoms with Crippen molar-refractivity contribution in [3.63, 3.8) is 0 Å². The molecule has 0 saturated heterocycles. The molecule has 1 aromatic carbocycles. The molecule has 92 valence electrons. The van der Waals surface area contributed by atoms with Gasteiger partial charge < -0.3 is 16.0 Å². The molecule has 0 fully saturated rings. The van der Waals surface area contributed by atoms with Crippen LogP contribution in [0.3, 0.4) is 0 Å². The summed E-state index contributed by atoms with van der Waals surface area (Å²) in [6, 6.07) is 9.50. The van der Waals surface area contributed by atoms with Gasteiger partial charge in [-0.05, 0) is 24.3 Å². The molecule has 18 heavy (non-hydrogen) atoms. The van der Waals surface area contributed by atoms with Gasteiger partial charge in [-0.3, -0.25) is 9.59 Å². The summed E-state index contributed by atoms with van der Waals surface area (Å²) in [6.07, 6.45) is 0. The molecule has 0 saturated carbocycles. The Morgan fingerprint density at radius 2 is 2.06 bits per heavy atom. The molecule has 2 aromatic rings. The maximum Gasteiger partial charge on any atom is 0.272 e. The van der Waals surface area contributed by atoms with E-state index in [1.165, 1.54) is 18.2 Å². The Labute approximate surface area is 111 Å².